The van der Waals surface area contributed by atoms with E-state index in [4.69, 9.17) is 0 Å². The Morgan fingerprint density at radius 3 is 2.60 bits per heavy atom. The molecule has 35 heavy (non-hydrogen) atoms. The van der Waals surface area contributed by atoms with E-state index in [9.17, 15) is 28.6 Å². The van der Waals surface area contributed by atoms with Gasteiger partial charge in [-0.2, -0.15) is 5.10 Å². The van der Waals surface area contributed by atoms with Gasteiger partial charge in [-0.15, -0.1) is 5.10 Å². The molecule has 9 nitrogen and oxygen atoms in total. The van der Waals surface area contributed by atoms with Gasteiger partial charge in [0.05, 0.1) is 18.2 Å². The lowest BCUT2D eigenvalue weighted by molar-refractivity contribution is -0.146. The third-order valence-corrected chi connectivity index (χ3v) is 5.93. The largest absolute Gasteiger partial charge is 0.481 e. The van der Waals surface area contributed by atoms with Crippen LogP contribution in [0.4, 0.5) is 8.78 Å². The standard InChI is InChI=1S/C24H23F2N5O4/c1-30-13-16(12-27-30)15-6-5-14(19(26)11-15)7-8-21(32)17(24(34)35)9-10-31-23(33)22-18(25)3-2-4-20(22)28-29-31/h2-6,11-13,17,21,32H,7-10H2,1H3,(H,34,35)/t17-,21+/m0/s1. The van der Waals surface area contributed by atoms with Crippen molar-refractivity contribution in [2.24, 2.45) is 13.0 Å². The molecule has 4 rings (SSSR count). The number of benzene rings is 2. The molecule has 0 amide bonds. The van der Waals surface area contributed by atoms with Gasteiger partial charge in [0.15, 0.2) is 0 Å². The highest BCUT2D eigenvalue weighted by molar-refractivity contribution is 5.77. The lowest BCUT2D eigenvalue weighted by Crippen LogP contribution is -2.32. The molecule has 0 saturated carbocycles. The van der Waals surface area contributed by atoms with E-state index in [-0.39, 0.29) is 36.7 Å². The Morgan fingerprint density at radius 2 is 1.91 bits per heavy atom. The summed E-state index contributed by atoms with van der Waals surface area (Å²) in [5.41, 5.74) is 1.12. The van der Waals surface area contributed by atoms with E-state index in [0.29, 0.717) is 11.1 Å². The zero-order chi connectivity index (χ0) is 25.1. The summed E-state index contributed by atoms with van der Waals surface area (Å²) in [7, 11) is 1.76. The number of aromatic nitrogens is 5. The van der Waals surface area contributed by atoms with Gasteiger partial charge in [-0.3, -0.25) is 14.3 Å². The molecule has 0 unspecified atom stereocenters. The highest BCUT2D eigenvalue weighted by Crippen LogP contribution is 2.23. The molecule has 0 radical (unpaired) electrons. The van der Waals surface area contributed by atoms with Gasteiger partial charge in [0.2, 0.25) is 0 Å². The molecule has 182 valence electrons. The van der Waals surface area contributed by atoms with Crippen molar-refractivity contribution in [2.45, 2.75) is 31.9 Å². The number of carboxylic acid groups (broad SMARTS) is 1. The Bertz CT molecular complexity index is 1440. The third-order valence-electron chi connectivity index (χ3n) is 5.93. The number of aliphatic hydroxyl groups excluding tert-OH is 1. The van der Waals surface area contributed by atoms with Crippen LogP contribution in [0.15, 0.2) is 53.6 Å². The number of aliphatic carboxylic acids is 1. The number of nitrogens with zero attached hydrogens (tertiary/aromatic N) is 5. The van der Waals surface area contributed by atoms with E-state index < -0.39 is 35.2 Å². The summed E-state index contributed by atoms with van der Waals surface area (Å²) < 4.78 is 31.2. The second-order valence-corrected chi connectivity index (χ2v) is 8.30. The van der Waals surface area contributed by atoms with E-state index in [1.807, 2.05) is 0 Å². The predicted octanol–water partition coefficient (Wildman–Crippen LogP) is 2.55. The molecular formula is C24H23F2N5O4. The van der Waals surface area contributed by atoms with Crippen molar-refractivity contribution in [2.75, 3.05) is 0 Å². The lowest BCUT2D eigenvalue weighted by Gasteiger charge is -2.19. The molecule has 2 N–H and O–H groups in total. The summed E-state index contributed by atoms with van der Waals surface area (Å²) >= 11 is 0. The minimum absolute atomic E-state index is 0.00689. The van der Waals surface area contributed by atoms with Gasteiger partial charge in [-0.25, -0.2) is 13.5 Å². The maximum Gasteiger partial charge on any atom is 0.309 e. The van der Waals surface area contributed by atoms with Crippen LogP contribution < -0.4 is 5.56 Å². The molecule has 0 fully saturated rings. The Labute approximate surface area is 198 Å². The number of carboxylic acids is 1. The zero-order valence-electron chi connectivity index (χ0n) is 18.8. The molecule has 0 aliphatic rings. The van der Waals surface area contributed by atoms with Crippen LogP contribution in [0.2, 0.25) is 0 Å². The summed E-state index contributed by atoms with van der Waals surface area (Å²) in [5.74, 6) is -3.72. The predicted molar refractivity (Wildman–Crippen MR) is 122 cm³/mol. The quantitative estimate of drug-likeness (QED) is 0.375. The first kappa shape index (κ1) is 24.1. The monoisotopic (exact) mass is 483 g/mol. The number of aryl methyl sites for hydroxylation is 3. The Balaban J connectivity index is 1.42. The number of halogens is 2. The summed E-state index contributed by atoms with van der Waals surface area (Å²) in [6.45, 7) is -0.182. The normalized spacial score (nSPS) is 13.1. The SMILES string of the molecule is Cn1cc(-c2ccc(CC[C@@H](O)[C@H](CCn3nnc4cccc(F)c4c3=O)C(=O)O)c(F)c2)cn1. The number of carbonyl (C=O) groups is 1. The Hall–Kier alpha value is -3.99. The molecule has 0 aliphatic carbocycles. The second kappa shape index (κ2) is 10.1. The summed E-state index contributed by atoms with van der Waals surface area (Å²) in [5, 5.41) is 31.5. The van der Waals surface area contributed by atoms with Crippen molar-refractivity contribution in [3.05, 3.63) is 76.3 Å². The van der Waals surface area contributed by atoms with Crippen LogP contribution in [0.5, 0.6) is 0 Å². The van der Waals surface area contributed by atoms with E-state index >= 15 is 0 Å². The number of hydrogen-bond acceptors (Lipinski definition) is 6. The maximum atomic E-state index is 14.6. The highest BCUT2D eigenvalue weighted by atomic mass is 19.1. The van der Waals surface area contributed by atoms with Crippen LogP contribution in [0, 0.1) is 17.6 Å². The average Bonchev–Trinajstić information content (AvgIpc) is 3.25. The molecule has 0 spiro atoms. The van der Waals surface area contributed by atoms with Gasteiger partial charge in [0, 0.05) is 25.4 Å². The fourth-order valence-corrected chi connectivity index (χ4v) is 3.97. The van der Waals surface area contributed by atoms with Crippen LogP contribution in [-0.2, 0) is 24.8 Å². The zero-order valence-corrected chi connectivity index (χ0v) is 18.8. The first-order valence-electron chi connectivity index (χ1n) is 10.9. The summed E-state index contributed by atoms with van der Waals surface area (Å²) in [6, 6.07) is 8.68. The van der Waals surface area contributed by atoms with Gasteiger partial charge >= 0.3 is 5.97 Å². The minimum atomic E-state index is -1.30. The number of aliphatic hydroxyl groups is 1. The molecule has 0 saturated heterocycles. The second-order valence-electron chi connectivity index (χ2n) is 8.30. The van der Waals surface area contributed by atoms with Crippen molar-refractivity contribution in [1.29, 1.82) is 0 Å². The molecule has 11 heteroatoms. The maximum absolute atomic E-state index is 14.6. The van der Waals surface area contributed by atoms with Crippen LogP contribution in [0.3, 0.4) is 0 Å². The average molecular weight is 483 g/mol. The van der Waals surface area contributed by atoms with Crippen LogP contribution >= 0.6 is 0 Å². The van der Waals surface area contributed by atoms with Gasteiger partial charge in [0.25, 0.3) is 5.56 Å². The fourth-order valence-electron chi connectivity index (χ4n) is 3.97. The molecule has 0 bridgehead atoms. The van der Waals surface area contributed by atoms with Gasteiger partial charge in [0.1, 0.15) is 22.5 Å². The van der Waals surface area contributed by atoms with Crippen molar-refractivity contribution in [3.63, 3.8) is 0 Å². The van der Waals surface area contributed by atoms with Crippen molar-refractivity contribution >= 4 is 16.9 Å². The molecule has 4 aromatic rings. The molecule has 0 aliphatic heterocycles. The lowest BCUT2D eigenvalue weighted by atomic mass is 9.93. The first-order chi connectivity index (χ1) is 16.7. The fraction of sp³-hybridized carbons (Fsp3) is 0.292. The van der Waals surface area contributed by atoms with Crippen molar-refractivity contribution in [3.8, 4) is 11.1 Å². The molecule has 2 heterocycles. The Morgan fingerprint density at radius 1 is 1.11 bits per heavy atom. The van der Waals surface area contributed by atoms with E-state index in [0.717, 1.165) is 16.3 Å². The molecule has 2 aromatic heterocycles. The van der Waals surface area contributed by atoms with Gasteiger partial charge < -0.3 is 10.2 Å². The Kier molecular flexibility index (Phi) is 6.97. The molecular weight excluding hydrogens is 460 g/mol. The smallest absolute Gasteiger partial charge is 0.309 e. The van der Waals surface area contributed by atoms with E-state index in [1.165, 1.54) is 18.2 Å². The molecule has 2 aromatic carbocycles. The topological polar surface area (TPSA) is 123 Å². The highest BCUT2D eigenvalue weighted by Gasteiger charge is 2.27. The van der Waals surface area contributed by atoms with Crippen molar-refractivity contribution in [1.82, 2.24) is 24.8 Å². The third kappa shape index (κ3) is 5.24. The van der Waals surface area contributed by atoms with Crippen LogP contribution in [0.25, 0.3) is 22.0 Å². The minimum Gasteiger partial charge on any atom is -0.481 e. The molecule has 2 atom stereocenters. The first-order valence-corrected chi connectivity index (χ1v) is 10.9. The number of fused-ring (bicyclic) bond motifs is 1. The van der Waals surface area contributed by atoms with Crippen LogP contribution in [-0.4, -0.2) is 47.1 Å². The van der Waals surface area contributed by atoms with Crippen LogP contribution in [0.1, 0.15) is 18.4 Å². The summed E-state index contributed by atoms with van der Waals surface area (Å²) in [6.07, 6.45) is 2.04. The van der Waals surface area contributed by atoms with Gasteiger partial charge in [-0.05, 0) is 48.6 Å². The van der Waals surface area contributed by atoms with E-state index in [1.54, 1.807) is 36.3 Å². The van der Waals surface area contributed by atoms with E-state index in [2.05, 4.69) is 15.4 Å². The van der Waals surface area contributed by atoms with Gasteiger partial charge in [-0.1, -0.05) is 23.4 Å². The van der Waals surface area contributed by atoms with Crippen molar-refractivity contribution < 1.29 is 23.8 Å². The number of rotatable bonds is 9. The summed E-state index contributed by atoms with van der Waals surface area (Å²) in [4.78, 5) is 24.3. The number of hydrogen-bond donors (Lipinski definition) is 2.